The molecule has 0 spiro atoms. The van der Waals surface area contributed by atoms with Crippen molar-refractivity contribution in [2.24, 2.45) is 0 Å². The molecule has 3 aromatic carbocycles. The van der Waals surface area contributed by atoms with Gasteiger partial charge < -0.3 is 9.47 Å². The minimum atomic E-state index is -0.387. The Labute approximate surface area is 199 Å². The number of methoxy groups -OCH3 is 1. The number of nitrogens with zero attached hydrogens (tertiary/aromatic N) is 1. The molecule has 32 heavy (non-hydrogen) atoms. The first-order chi connectivity index (χ1) is 15.4. The third-order valence-corrected chi connectivity index (χ3v) is 6.05. The zero-order valence-electron chi connectivity index (χ0n) is 16.9. The third-order valence-electron chi connectivity index (χ3n) is 4.67. The predicted molar refractivity (Wildman–Crippen MR) is 129 cm³/mol. The molecule has 0 bridgehead atoms. The van der Waals surface area contributed by atoms with Gasteiger partial charge in [0.15, 0.2) is 11.5 Å². The van der Waals surface area contributed by atoms with Crippen molar-refractivity contribution >= 4 is 57.9 Å². The van der Waals surface area contributed by atoms with Crippen molar-refractivity contribution in [1.82, 2.24) is 0 Å². The van der Waals surface area contributed by atoms with E-state index < -0.39 is 0 Å². The number of anilines is 1. The van der Waals surface area contributed by atoms with Gasteiger partial charge in [-0.05, 0) is 77.5 Å². The maximum Gasteiger partial charge on any atom is 0.298 e. The van der Waals surface area contributed by atoms with Gasteiger partial charge in [0.05, 0.1) is 17.7 Å². The standard InChI is InChI=1S/C24H17Cl2NO4S/c1-30-20-11-4-16(12-21(20)31-14-15-2-5-17(25)6-3-15)13-22-23(28)27(24(29)32-22)19-9-7-18(26)8-10-19/h2-13H,14H2,1H3/b22-13+. The van der Waals surface area contributed by atoms with Crippen LogP contribution in [0.5, 0.6) is 11.5 Å². The number of hydrogen-bond acceptors (Lipinski definition) is 5. The lowest BCUT2D eigenvalue weighted by atomic mass is 10.1. The summed E-state index contributed by atoms with van der Waals surface area (Å²) in [5.41, 5.74) is 2.13. The number of imide groups is 1. The van der Waals surface area contributed by atoms with Crippen molar-refractivity contribution in [2.45, 2.75) is 6.61 Å². The molecule has 162 valence electrons. The van der Waals surface area contributed by atoms with Gasteiger partial charge in [-0.25, -0.2) is 4.90 Å². The highest BCUT2D eigenvalue weighted by atomic mass is 35.5. The van der Waals surface area contributed by atoms with Crippen LogP contribution in [-0.4, -0.2) is 18.3 Å². The average molecular weight is 486 g/mol. The Morgan fingerprint density at radius 3 is 2.22 bits per heavy atom. The van der Waals surface area contributed by atoms with Crippen LogP contribution in [-0.2, 0) is 11.4 Å². The Morgan fingerprint density at radius 1 is 0.906 bits per heavy atom. The van der Waals surface area contributed by atoms with Gasteiger partial charge in [0.1, 0.15) is 6.61 Å². The second-order valence-electron chi connectivity index (χ2n) is 6.82. The van der Waals surface area contributed by atoms with E-state index in [1.54, 1.807) is 67.8 Å². The molecule has 0 N–H and O–H groups in total. The highest BCUT2D eigenvalue weighted by Gasteiger charge is 2.36. The molecule has 0 saturated carbocycles. The number of rotatable bonds is 6. The maximum absolute atomic E-state index is 12.9. The van der Waals surface area contributed by atoms with Gasteiger partial charge in [-0.1, -0.05) is 41.4 Å². The lowest BCUT2D eigenvalue weighted by Crippen LogP contribution is -2.27. The molecule has 5 nitrogen and oxygen atoms in total. The molecular weight excluding hydrogens is 469 g/mol. The predicted octanol–water partition coefficient (Wildman–Crippen LogP) is 6.82. The smallest absolute Gasteiger partial charge is 0.298 e. The second kappa shape index (κ2) is 9.69. The minimum Gasteiger partial charge on any atom is -0.493 e. The Bertz CT molecular complexity index is 1190. The van der Waals surface area contributed by atoms with Gasteiger partial charge in [0.25, 0.3) is 11.1 Å². The van der Waals surface area contributed by atoms with Crippen LogP contribution in [0.4, 0.5) is 10.5 Å². The van der Waals surface area contributed by atoms with Crippen LogP contribution in [0.2, 0.25) is 10.0 Å². The van der Waals surface area contributed by atoms with Gasteiger partial charge in [-0.3, -0.25) is 9.59 Å². The van der Waals surface area contributed by atoms with Crippen LogP contribution in [0.1, 0.15) is 11.1 Å². The molecule has 1 fully saturated rings. The molecule has 1 aliphatic heterocycles. The first kappa shape index (κ1) is 22.3. The Hall–Kier alpha value is -2.93. The van der Waals surface area contributed by atoms with E-state index in [0.29, 0.717) is 44.3 Å². The van der Waals surface area contributed by atoms with E-state index >= 15 is 0 Å². The number of carbonyl (C=O) groups excluding carboxylic acids is 2. The number of benzene rings is 3. The zero-order chi connectivity index (χ0) is 22.7. The minimum absolute atomic E-state index is 0.318. The van der Waals surface area contributed by atoms with Crippen molar-refractivity contribution in [2.75, 3.05) is 12.0 Å². The van der Waals surface area contributed by atoms with Crippen molar-refractivity contribution in [3.05, 3.63) is 92.8 Å². The molecule has 1 aliphatic rings. The number of thioether (sulfide) groups is 1. The number of carbonyl (C=O) groups is 2. The van der Waals surface area contributed by atoms with E-state index in [0.717, 1.165) is 22.2 Å². The molecule has 0 radical (unpaired) electrons. The van der Waals surface area contributed by atoms with Crippen LogP contribution in [0.15, 0.2) is 71.6 Å². The summed E-state index contributed by atoms with van der Waals surface area (Å²) in [4.78, 5) is 26.8. The highest BCUT2D eigenvalue weighted by Crippen LogP contribution is 2.37. The zero-order valence-corrected chi connectivity index (χ0v) is 19.2. The molecule has 4 rings (SSSR count). The van der Waals surface area contributed by atoms with Gasteiger partial charge in [-0.2, -0.15) is 0 Å². The molecule has 1 saturated heterocycles. The van der Waals surface area contributed by atoms with Gasteiger partial charge in [-0.15, -0.1) is 0 Å². The normalized spacial score (nSPS) is 14.8. The summed E-state index contributed by atoms with van der Waals surface area (Å²) in [5.74, 6) is 0.695. The summed E-state index contributed by atoms with van der Waals surface area (Å²) in [6.07, 6.45) is 1.66. The number of halogens is 2. The summed E-state index contributed by atoms with van der Waals surface area (Å²) in [6.45, 7) is 0.323. The summed E-state index contributed by atoms with van der Waals surface area (Å²) in [7, 11) is 1.56. The topological polar surface area (TPSA) is 55.8 Å². The molecule has 0 unspecified atom stereocenters. The molecule has 1 heterocycles. The third kappa shape index (κ3) is 4.93. The Balaban J connectivity index is 1.56. The maximum atomic E-state index is 12.9. The fourth-order valence-corrected chi connectivity index (χ4v) is 4.16. The molecule has 0 aliphatic carbocycles. The van der Waals surface area contributed by atoms with E-state index in [-0.39, 0.29) is 11.1 Å². The van der Waals surface area contributed by atoms with Crippen LogP contribution in [0.25, 0.3) is 6.08 Å². The van der Waals surface area contributed by atoms with Crippen LogP contribution in [0, 0.1) is 0 Å². The molecule has 2 amide bonds. The first-order valence-electron chi connectivity index (χ1n) is 9.53. The largest absolute Gasteiger partial charge is 0.493 e. The molecule has 0 aromatic heterocycles. The van der Waals surface area contributed by atoms with Gasteiger partial charge in [0, 0.05) is 10.0 Å². The number of ether oxygens (including phenoxy) is 2. The van der Waals surface area contributed by atoms with E-state index in [1.807, 2.05) is 12.1 Å². The van der Waals surface area contributed by atoms with E-state index in [1.165, 1.54) is 0 Å². The Kier molecular flexibility index (Phi) is 6.74. The highest BCUT2D eigenvalue weighted by molar-refractivity contribution is 8.19. The van der Waals surface area contributed by atoms with Crippen molar-refractivity contribution in [3.63, 3.8) is 0 Å². The van der Waals surface area contributed by atoms with Gasteiger partial charge in [0.2, 0.25) is 0 Å². The second-order valence-corrected chi connectivity index (χ2v) is 8.69. The first-order valence-corrected chi connectivity index (χ1v) is 11.1. The van der Waals surface area contributed by atoms with E-state index in [9.17, 15) is 9.59 Å². The van der Waals surface area contributed by atoms with Crippen LogP contribution in [0.3, 0.4) is 0 Å². The van der Waals surface area contributed by atoms with Crippen molar-refractivity contribution in [3.8, 4) is 11.5 Å². The van der Waals surface area contributed by atoms with Crippen LogP contribution >= 0.6 is 35.0 Å². The fourth-order valence-electron chi connectivity index (χ4n) is 3.07. The summed E-state index contributed by atoms with van der Waals surface area (Å²) < 4.78 is 11.3. The number of hydrogen-bond donors (Lipinski definition) is 0. The Morgan fingerprint density at radius 2 is 1.56 bits per heavy atom. The lowest BCUT2D eigenvalue weighted by molar-refractivity contribution is -0.113. The number of amides is 2. The molecule has 3 aromatic rings. The summed E-state index contributed by atoms with van der Waals surface area (Å²) in [5, 5.41) is 0.817. The molecule has 8 heteroatoms. The molecule has 0 atom stereocenters. The van der Waals surface area contributed by atoms with Crippen molar-refractivity contribution in [1.29, 1.82) is 0 Å². The SMILES string of the molecule is COc1ccc(/C=C2/SC(=O)N(c3ccc(Cl)cc3)C2=O)cc1OCc1ccc(Cl)cc1. The monoisotopic (exact) mass is 485 g/mol. The van der Waals surface area contributed by atoms with E-state index in [2.05, 4.69) is 0 Å². The van der Waals surface area contributed by atoms with Crippen molar-refractivity contribution < 1.29 is 19.1 Å². The molecular formula is C24H17Cl2NO4S. The van der Waals surface area contributed by atoms with E-state index in [4.69, 9.17) is 32.7 Å². The quantitative estimate of drug-likeness (QED) is 0.358. The summed E-state index contributed by atoms with van der Waals surface area (Å²) in [6, 6.07) is 19.2. The van der Waals surface area contributed by atoms with Crippen LogP contribution < -0.4 is 14.4 Å². The lowest BCUT2D eigenvalue weighted by Gasteiger charge is -2.12. The average Bonchev–Trinajstić information content (AvgIpc) is 3.07. The fraction of sp³-hybridized carbons (Fsp3) is 0.0833. The van der Waals surface area contributed by atoms with Gasteiger partial charge >= 0.3 is 0 Å². The summed E-state index contributed by atoms with van der Waals surface area (Å²) >= 11 is 12.7.